The number of anilines is 1. The highest BCUT2D eigenvalue weighted by molar-refractivity contribution is 6.05. The highest BCUT2D eigenvalue weighted by Crippen LogP contribution is 2.64. The minimum atomic E-state index is -1.17. The number of nitrogens with zero attached hydrogens (tertiary/aromatic N) is 2. The number of unbranched alkanes of at least 4 members (excludes halogenated alkanes) is 2. The Kier molecular flexibility index (Phi) is 7.30. The summed E-state index contributed by atoms with van der Waals surface area (Å²) >= 11 is 0. The van der Waals surface area contributed by atoms with Gasteiger partial charge in [0, 0.05) is 25.4 Å². The van der Waals surface area contributed by atoms with Gasteiger partial charge in [0.1, 0.15) is 17.6 Å². The third kappa shape index (κ3) is 3.86. The standard InChI is InChI=1S/C28H38N2O6/c1-5-15-29(22-18(3)11-10-12-19(22)4)25(33)23-28-14-13-27(6-2,36-28)21(26(34)35)20(28)24(32)30(23)16-8-7-9-17-31/h5,10-12,20-21,23,31H,1,6-9,13-17H2,2-4H3,(H,34,35)/t20-,21-,23?,27+,28?/m0/s1. The van der Waals surface area contributed by atoms with Gasteiger partial charge in [-0.1, -0.05) is 31.2 Å². The smallest absolute Gasteiger partial charge is 0.310 e. The molecule has 3 saturated heterocycles. The molecule has 1 aromatic carbocycles. The quantitative estimate of drug-likeness (QED) is 0.358. The van der Waals surface area contributed by atoms with Gasteiger partial charge in [-0.3, -0.25) is 14.4 Å². The summed E-state index contributed by atoms with van der Waals surface area (Å²) in [5.41, 5.74) is 0.546. The lowest BCUT2D eigenvalue weighted by molar-refractivity contribution is -0.155. The molecular formula is C28H38N2O6. The van der Waals surface area contributed by atoms with Crippen LogP contribution in [0, 0.1) is 25.7 Å². The van der Waals surface area contributed by atoms with Gasteiger partial charge in [0.2, 0.25) is 5.91 Å². The van der Waals surface area contributed by atoms with E-state index < -0.39 is 35.0 Å². The lowest BCUT2D eigenvalue weighted by atomic mass is 9.65. The number of rotatable bonds is 11. The summed E-state index contributed by atoms with van der Waals surface area (Å²) in [5.74, 6) is -3.47. The van der Waals surface area contributed by atoms with Crippen molar-refractivity contribution < 1.29 is 29.3 Å². The normalized spacial score (nSPS) is 30.5. The van der Waals surface area contributed by atoms with Crippen molar-refractivity contribution in [3.63, 3.8) is 0 Å². The number of aliphatic hydroxyl groups excluding tert-OH is 1. The van der Waals surface area contributed by atoms with Crippen LogP contribution < -0.4 is 4.90 Å². The van der Waals surface area contributed by atoms with Crippen LogP contribution >= 0.6 is 0 Å². The molecule has 3 aliphatic heterocycles. The van der Waals surface area contributed by atoms with E-state index in [1.807, 2.05) is 39.0 Å². The number of para-hydroxylation sites is 1. The number of likely N-dealkylation sites (tertiary alicyclic amines) is 1. The molecule has 196 valence electrons. The first-order valence-electron chi connectivity index (χ1n) is 13.0. The van der Waals surface area contributed by atoms with Gasteiger partial charge in [-0.25, -0.2) is 0 Å². The van der Waals surface area contributed by atoms with E-state index >= 15 is 0 Å². The lowest BCUT2D eigenvalue weighted by Crippen LogP contribution is -2.56. The van der Waals surface area contributed by atoms with Gasteiger partial charge < -0.3 is 24.7 Å². The molecule has 8 heteroatoms. The van der Waals surface area contributed by atoms with Crippen molar-refractivity contribution in [2.75, 3.05) is 24.6 Å². The molecule has 0 radical (unpaired) electrons. The van der Waals surface area contributed by atoms with E-state index in [2.05, 4.69) is 6.58 Å². The number of aliphatic hydroxyl groups is 1. The molecule has 1 aromatic rings. The number of carbonyl (C=O) groups is 3. The molecule has 3 heterocycles. The van der Waals surface area contributed by atoms with Crippen LogP contribution in [0.2, 0.25) is 0 Å². The van der Waals surface area contributed by atoms with Crippen LogP contribution in [-0.2, 0) is 19.1 Å². The van der Waals surface area contributed by atoms with E-state index in [-0.39, 0.29) is 25.0 Å². The van der Waals surface area contributed by atoms with Gasteiger partial charge in [-0.2, -0.15) is 0 Å². The Morgan fingerprint density at radius 1 is 1.22 bits per heavy atom. The van der Waals surface area contributed by atoms with Crippen molar-refractivity contribution in [3.05, 3.63) is 42.0 Å². The maximum absolute atomic E-state index is 14.5. The van der Waals surface area contributed by atoms with Crippen molar-refractivity contribution >= 4 is 23.5 Å². The molecule has 1 spiro atoms. The fourth-order valence-electron chi connectivity index (χ4n) is 6.98. The molecular weight excluding hydrogens is 460 g/mol. The summed E-state index contributed by atoms with van der Waals surface area (Å²) in [4.78, 5) is 44.2. The highest BCUT2D eigenvalue weighted by atomic mass is 16.5. The van der Waals surface area contributed by atoms with Crippen LogP contribution in [-0.4, -0.2) is 69.8 Å². The van der Waals surface area contributed by atoms with Crippen LogP contribution in [0.25, 0.3) is 0 Å². The van der Waals surface area contributed by atoms with Crippen LogP contribution in [0.4, 0.5) is 5.69 Å². The number of hydrogen-bond acceptors (Lipinski definition) is 5. The summed E-state index contributed by atoms with van der Waals surface area (Å²) in [6.45, 7) is 10.3. The zero-order chi connectivity index (χ0) is 26.3. The third-order valence-corrected chi connectivity index (χ3v) is 8.53. The minimum Gasteiger partial charge on any atom is -0.481 e. The molecule has 36 heavy (non-hydrogen) atoms. The number of carboxylic acids is 1. The molecule has 2 N–H and O–H groups in total. The molecule has 5 atom stereocenters. The fourth-order valence-corrected chi connectivity index (χ4v) is 6.98. The maximum atomic E-state index is 14.5. The van der Waals surface area contributed by atoms with E-state index in [0.29, 0.717) is 45.1 Å². The van der Waals surface area contributed by atoms with Crippen molar-refractivity contribution in [1.82, 2.24) is 4.90 Å². The van der Waals surface area contributed by atoms with Gasteiger partial charge >= 0.3 is 5.97 Å². The minimum absolute atomic E-state index is 0.0613. The summed E-state index contributed by atoms with van der Waals surface area (Å²) in [7, 11) is 0. The number of carboxylic acid groups (broad SMARTS) is 1. The maximum Gasteiger partial charge on any atom is 0.310 e. The van der Waals surface area contributed by atoms with E-state index in [0.717, 1.165) is 16.8 Å². The zero-order valence-corrected chi connectivity index (χ0v) is 21.5. The second-order valence-electron chi connectivity index (χ2n) is 10.5. The predicted octanol–water partition coefficient (Wildman–Crippen LogP) is 3.22. The first-order valence-corrected chi connectivity index (χ1v) is 13.0. The number of aliphatic carboxylic acids is 1. The van der Waals surface area contributed by atoms with Crippen molar-refractivity contribution in [1.29, 1.82) is 0 Å². The number of fused-ring (bicyclic) bond motifs is 1. The van der Waals surface area contributed by atoms with E-state index in [1.165, 1.54) is 0 Å². The van der Waals surface area contributed by atoms with Gasteiger partial charge in [0.05, 0.1) is 11.5 Å². The van der Waals surface area contributed by atoms with Crippen LogP contribution in [0.1, 0.15) is 56.6 Å². The van der Waals surface area contributed by atoms with Crippen LogP contribution in [0.3, 0.4) is 0 Å². The number of benzene rings is 1. The Morgan fingerprint density at radius 3 is 2.50 bits per heavy atom. The number of aryl methyl sites for hydroxylation is 2. The lowest BCUT2D eigenvalue weighted by Gasteiger charge is -2.37. The summed E-state index contributed by atoms with van der Waals surface area (Å²) < 4.78 is 6.62. The van der Waals surface area contributed by atoms with Gasteiger partial charge in [0.25, 0.3) is 5.91 Å². The Balaban J connectivity index is 1.81. The van der Waals surface area contributed by atoms with E-state index in [1.54, 1.807) is 15.9 Å². The summed E-state index contributed by atoms with van der Waals surface area (Å²) in [6.07, 6.45) is 5.04. The molecule has 3 fully saturated rings. The molecule has 3 aliphatic rings. The fraction of sp³-hybridized carbons (Fsp3) is 0.607. The Bertz CT molecular complexity index is 1040. The Labute approximate surface area is 212 Å². The Hall–Kier alpha value is -2.71. The molecule has 2 bridgehead atoms. The topological polar surface area (TPSA) is 107 Å². The molecule has 2 amide bonds. The predicted molar refractivity (Wildman–Crippen MR) is 136 cm³/mol. The molecule has 4 rings (SSSR count). The first-order chi connectivity index (χ1) is 17.2. The van der Waals surface area contributed by atoms with Crippen molar-refractivity contribution in [3.8, 4) is 0 Å². The Morgan fingerprint density at radius 2 is 1.92 bits per heavy atom. The summed E-state index contributed by atoms with van der Waals surface area (Å²) in [6, 6.07) is 4.92. The largest absolute Gasteiger partial charge is 0.481 e. The highest BCUT2D eigenvalue weighted by Gasteiger charge is 2.79. The summed E-state index contributed by atoms with van der Waals surface area (Å²) in [5, 5.41) is 19.4. The second kappa shape index (κ2) is 9.98. The molecule has 0 saturated carbocycles. The number of amides is 2. The number of carbonyl (C=O) groups excluding carboxylic acids is 2. The molecule has 0 aromatic heterocycles. The molecule has 0 aliphatic carbocycles. The third-order valence-electron chi connectivity index (χ3n) is 8.53. The van der Waals surface area contributed by atoms with Gasteiger partial charge in [-0.05, 0) is 63.5 Å². The average Bonchev–Trinajstić information content (AvgIpc) is 3.44. The van der Waals surface area contributed by atoms with Gasteiger partial charge in [0.15, 0.2) is 0 Å². The first kappa shape index (κ1) is 26.4. The molecule has 8 nitrogen and oxygen atoms in total. The number of ether oxygens (including phenoxy) is 1. The van der Waals surface area contributed by atoms with Crippen molar-refractivity contribution in [2.24, 2.45) is 11.8 Å². The zero-order valence-electron chi connectivity index (χ0n) is 21.5. The van der Waals surface area contributed by atoms with Gasteiger partial charge in [-0.15, -0.1) is 6.58 Å². The monoisotopic (exact) mass is 498 g/mol. The second-order valence-corrected chi connectivity index (χ2v) is 10.5. The van der Waals surface area contributed by atoms with E-state index in [4.69, 9.17) is 4.74 Å². The van der Waals surface area contributed by atoms with E-state index in [9.17, 15) is 24.6 Å². The van der Waals surface area contributed by atoms with Crippen LogP contribution in [0.15, 0.2) is 30.9 Å². The SMILES string of the molecule is C=CCN(C(=O)C1N(CCCCCO)C(=O)[C@@H]2[C@@H](C(=O)O)[C@@]3(CC)CCC12O3)c1c(C)cccc1C. The number of hydrogen-bond donors (Lipinski definition) is 2. The van der Waals surface area contributed by atoms with Crippen LogP contribution in [0.5, 0.6) is 0 Å². The van der Waals surface area contributed by atoms with Crippen molar-refractivity contribution in [2.45, 2.75) is 76.5 Å². The molecule has 2 unspecified atom stereocenters. The average molecular weight is 499 g/mol.